The van der Waals surface area contributed by atoms with Crippen LogP contribution in [0.1, 0.15) is 69.6 Å². The van der Waals surface area contributed by atoms with Gasteiger partial charge < -0.3 is 18.9 Å². The summed E-state index contributed by atoms with van der Waals surface area (Å²) in [6.45, 7) is 10.4. The van der Waals surface area contributed by atoms with Crippen LogP contribution >= 0.6 is 11.3 Å². The van der Waals surface area contributed by atoms with E-state index in [-0.39, 0.29) is 33.5 Å². The van der Waals surface area contributed by atoms with Gasteiger partial charge in [0.05, 0.1) is 25.1 Å². The maximum atomic E-state index is 14.9. The quantitative estimate of drug-likeness (QED) is 0.345. The van der Waals surface area contributed by atoms with E-state index in [9.17, 15) is 24.0 Å². The number of aryl methyl sites for hydroxylation is 1. The number of ether oxygens (including phenoxy) is 4. The van der Waals surface area contributed by atoms with Crippen molar-refractivity contribution in [1.82, 2.24) is 9.13 Å². The third-order valence-electron chi connectivity index (χ3n) is 7.19. The number of esters is 1. The van der Waals surface area contributed by atoms with Gasteiger partial charge >= 0.3 is 11.7 Å². The first-order chi connectivity index (χ1) is 19.7. The minimum atomic E-state index is -1.70. The normalized spacial score (nSPS) is 15.4. The molecule has 1 unspecified atom stereocenters. The van der Waals surface area contributed by atoms with Gasteiger partial charge in [0.2, 0.25) is 0 Å². The Morgan fingerprint density at radius 3 is 2.48 bits per heavy atom. The summed E-state index contributed by atoms with van der Waals surface area (Å²) in [5.41, 5.74) is -3.29. The Labute approximate surface area is 247 Å². The number of nitriles is 1. The molecule has 3 aromatic rings. The Morgan fingerprint density at radius 1 is 1.21 bits per heavy atom. The van der Waals surface area contributed by atoms with E-state index in [4.69, 9.17) is 18.9 Å². The zero-order valence-electron chi connectivity index (χ0n) is 24.9. The molecular weight excluding hydrogens is 565 g/mol. The van der Waals surface area contributed by atoms with E-state index in [0.29, 0.717) is 37.2 Å². The van der Waals surface area contributed by atoms with Gasteiger partial charge in [-0.1, -0.05) is 12.1 Å². The molecule has 1 atom stereocenters. The Balaban J connectivity index is 1.98. The van der Waals surface area contributed by atoms with Crippen LogP contribution in [-0.4, -0.2) is 47.1 Å². The maximum absolute atomic E-state index is 14.9. The molecule has 10 nitrogen and oxygen atoms in total. The van der Waals surface area contributed by atoms with Crippen molar-refractivity contribution < 1.29 is 28.1 Å². The monoisotopic (exact) mass is 601 g/mol. The molecular formula is C30H36FN3O7S. The number of benzene rings is 1. The van der Waals surface area contributed by atoms with Gasteiger partial charge in [-0.2, -0.15) is 5.26 Å². The topological polar surface area (TPSA) is 122 Å². The third kappa shape index (κ3) is 6.00. The van der Waals surface area contributed by atoms with Gasteiger partial charge in [0.25, 0.3) is 5.56 Å². The highest BCUT2D eigenvalue weighted by atomic mass is 32.1. The first kappa shape index (κ1) is 31.4. The number of halogens is 1. The fraction of sp³-hybridized carbons (Fsp3) is 0.533. The molecule has 3 heterocycles. The summed E-state index contributed by atoms with van der Waals surface area (Å²) >= 11 is 1.00. The van der Waals surface area contributed by atoms with Crippen LogP contribution in [0.3, 0.4) is 0 Å². The lowest BCUT2D eigenvalue weighted by atomic mass is 10.0. The molecule has 0 spiro atoms. The first-order valence-corrected chi connectivity index (χ1v) is 14.5. The first-order valence-electron chi connectivity index (χ1n) is 13.7. The second-order valence-electron chi connectivity index (χ2n) is 11.7. The van der Waals surface area contributed by atoms with Crippen LogP contribution in [0.15, 0.2) is 27.8 Å². The molecule has 0 N–H and O–H groups in total. The number of carbonyl (C=O) groups excluding carboxylic acids is 1. The van der Waals surface area contributed by atoms with Gasteiger partial charge in [-0.25, -0.2) is 18.5 Å². The van der Waals surface area contributed by atoms with Gasteiger partial charge in [-0.15, -0.1) is 11.3 Å². The lowest BCUT2D eigenvalue weighted by Crippen LogP contribution is -2.54. The van der Waals surface area contributed by atoms with E-state index in [1.54, 1.807) is 33.8 Å². The number of carbonyl (C=O) groups is 1. The minimum Gasteiger partial charge on any atom is -0.493 e. The van der Waals surface area contributed by atoms with Crippen molar-refractivity contribution >= 4 is 27.5 Å². The summed E-state index contributed by atoms with van der Waals surface area (Å²) in [4.78, 5) is 42.0. The number of hydrogen-bond donors (Lipinski definition) is 0. The van der Waals surface area contributed by atoms with E-state index in [0.717, 1.165) is 15.9 Å². The van der Waals surface area contributed by atoms with Crippen LogP contribution in [0.5, 0.6) is 5.75 Å². The SMILES string of the molecule is COc1c(F)cccc1C(Cn1c(=O)n(C(C)(C)C(=O)OC(C)(C)C)c(=O)c2c(C)c(C#N)sc21)OC1CCOCC1. The molecule has 0 amide bonds. The van der Waals surface area contributed by atoms with Gasteiger partial charge in [0.15, 0.2) is 11.6 Å². The van der Waals surface area contributed by atoms with Crippen LogP contribution < -0.4 is 16.0 Å². The summed E-state index contributed by atoms with van der Waals surface area (Å²) in [5, 5.41) is 9.93. The van der Waals surface area contributed by atoms with Crippen molar-refractivity contribution in [3.05, 3.63) is 60.9 Å². The molecule has 1 fully saturated rings. The highest BCUT2D eigenvalue weighted by Crippen LogP contribution is 2.35. The lowest BCUT2D eigenvalue weighted by molar-refractivity contribution is -0.164. The molecule has 0 saturated carbocycles. The summed E-state index contributed by atoms with van der Waals surface area (Å²) in [5.74, 6) is -1.39. The maximum Gasteiger partial charge on any atom is 0.333 e. The van der Waals surface area contributed by atoms with Gasteiger partial charge in [0.1, 0.15) is 33.0 Å². The molecule has 0 radical (unpaired) electrons. The van der Waals surface area contributed by atoms with Crippen molar-refractivity contribution in [2.24, 2.45) is 0 Å². The van der Waals surface area contributed by atoms with Crippen molar-refractivity contribution in [3.8, 4) is 11.8 Å². The molecule has 1 aromatic carbocycles. The Morgan fingerprint density at radius 2 is 1.88 bits per heavy atom. The molecule has 0 bridgehead atoms. The molecule has 226 valence electrons. The zero-order chi connectivity index (χ0) is 31.0. The van der Waals surface area contributed by atoms with Crippen LogP contribution in [0.25, 0.3) is 10.2 Å². The smallest absolute Gasteiger partial charge is 0.333 e. The third-order valence-corrected chi connectivity index (χ3v) is 8.41. The predicted molar refractivity (Wildman–Crippen MR) is 156 cm³/mol. The van der Waals surface area contributed by atoms with E-state index < -0.39 is 40.3 Å². The highest BCUT2D eigenvalue weighted by Gasteiger charge is 2.39. The summed E-state index contributed by atoms with van der Waals surface area (Å²) in [7, 11) is 1.35. The molecule has 42 heavy (non-hydrogen) atoms. The summed E-state index contributed by atoms with van der Waals surface area (Å²) < 4.78 is 40.0. The van der Waals surface area contributed by atoms with Crippen LogP contribution in [-0.2, 0) is 31.1 Å². The summed E-state index contributed by atoms with van der Waals surface area (Å²) in [6.07, 6.45) is 0.0654. The number of thiophene rings is 1. The summed E-state index contributed by atoms with van der Waals surface area (Å²) in [6, 6.07) is 6.55. The number of rotatable bonds is 8. The fourth-order valence-electron chi connectivity index (χ4n) is 5.02. The molecule has 12 heteroatoms. The van der Waals surface area contributed by atoms with Crippen molar-refractivity contribution in [2.75, 3.05) is 20.3 Å². The molecule has 2 aromatic heterocycles. The van der Waals surface area contributed by atoms with Crippen molar-refractivity contribution in [1.29, 1.82) is 5.26 Å². The van der Waals surface area contributed by atoms with E-state index in [2.05, 4.69) is 6.07 Å². The molecule has 4 rings (SSSR count). The predicted octanol–water partition coefficient (Wildman–Crippen LogP) is 4.57. The van der Waals surface area contributed by atoms with Crippen molar-refractivity contribution in [3.63, 3.8) is 0 Å². The Hall–Kier alpha value is -3.53. The number of fused-ring (bicyclic) bond motifs is 1. The second-order valence-corrected chi connectivity index (χ2v) is 12.7. The molecule has 1 aliphatic rings. The minimum absolute atomic E-state index is 0.0265. The number of aromatic nitrogens is 2. The van der Waals surface area contributed by atoms with Gasteiger partial charge in [0, 0.05) is 18.8 Å². The molecule has 0 aliphatic carbocycles. The molecule has 1 aliphatic heterocycles. The van der Waals surface area contributed by atoms with E-state index >= 15 is 0 Å². The van der Waals surface area contributed by atoms with E-state index in [1.165, 1.54) is 37.7 Å². The number of nitrogens with zero attached hydrogens (tertiary/aromatic N) is 3. The second kappa shape index (κ2) is 12.0. The van der Waals surface area contributed by atoms with Gasteiger partial charge in [-0.05, 0) is 66.0 Å². The lowest BCUT2D eigenvalue weighted by Gasteiger charge is -2.31. The standard InChI is InChI=1S/C30H36FN3O7S/c1-17-22(15-32)42-26-23(17)25(35)34(30(5,6)27(36)41-29(2,3)4)28(37)33(26)16-21(40-18-11-13-39-14-12-18)19-9-8-10-20(31)24(19)38-7/h8-10,18,21H,11-14,16H2,1-7H3. The van der Waals surface area contributed by atoms with Crippen LogP contribution in [0.2, 0.25) is 0 Å². The van der Waals surface area contributed by atoms with Crippen LogP contribution in [0.4, 0.5) is 4.39 Å². The average molecular weight is 602 g/mol. The Kier molecular flexibility index (Phi) is 8.97. The Bertz CT molecular complexity index is 1650. The molecule has 1 saturated heterocycles. The number of para-hydroxylation sites is 1. The highest BCUT2D eigenvalue weighted by molar-refractivity contribution is 7.19. The van der Waals surface area contributed by atoms with Crippen molar-refractivity contribution in [2.45, 2.75) is 84.3 Å². The van der Waals surface area contributed by atoms with E-state index in [1.807, 2.05) is 0 Å². The largest absolute Gasteiger partial charge is 0.493 e. The zero-order valence-corrected chi connectivity index (χ0v) is 25.7. The van der Waals surface area contributed by atoms with Crippen LogP contribution in [0, 0.1) is 24.1 Å². The average Bonchev–Trinajstić information content (AvgIpc) is 3.26. The fourth-order valence-corrected chi connectivity index (χ4v) is 6.12. The number of methoxy groups -OCH3 is 1. The number of hydrogen-bond acceptors (Lipinski definition) is 9. The van der Waals surface area contributed by atoms with Gasteiger partial charge in [-0.3, -0.25) is 9.36 Å².